The number of nitrogens with one attached hydrogen (secondary N) is 2. The maximum atomic E-state index is 3.69. The van der Waals surface area contributed by atoms with Gasteiger partial charge in [0.25, 0.3) is 0 Å². The van der Waals surface area contributed by atoms with Crippen LogP contribution in [-0.2, 0) is 0 Å². The Morgan fingerprint density at radius 1 is 1.64 bits per heavy atom. The molecule has 1 saturated heterocycles. The highest BCUT2D eigenvalue weighted by atomic mass is 15.0. The summed E-state index contributed by atoms with van der Waals surface area (Å²) in [6, 6.07) is 0.698. The topological polar surface area (TPSA) is 24.1 Å². The molecule has 0 bridgehead atoms. The van der Waals surface area contributed by atoms with Gasteiger partial charge < -0.3 is 10.6 Å². The van der Waals surface area contributed by atoms with Crippen LogP contribution in [0.15, 0.2) is 12.7 Å². The Kier molecular flexibility index (Phi) is 4.24. The zero-order valence-electron chi connectivity index (χ0n) is 7.10. The highest BCUT2D eigenvalue weighted by Crippen LogP contribution is 2.00. The van der Waals surface area contributed by atoms with Crippen LogP contribution in [0.3, 0.4) is 0 Å². The van der Waals surface area contributed by atoms with Crippen molar-refractivity contribution in [2.24, 2.45) is 0 Å². The standard InChI is InChI=1S/C9H18N2/c1-2-3-7-11-9-5-4-6-10-8-9/h2,9-11H,1,3-8H2. The van der Waals surface area contributed by atoms with Gasteiger partial charge in [0.2, 0.25) is 0 Å². The lowest BCUT2D eigenvalue weighted by Crippen LogP contribution is -2.43. The van der Waals surface area contributed by atoms with E-state index in [1.807, 2.05) is 6.08 Å². The van der Waals surface area contributed by atoms with Gasteiger partial charge in [-0.3, -0.25) is 0 Å². The summed E-state index contributed by atoms with van der Waals surface area (Å²) in [4.78, 5) is 0. The Labute approximate surface area is 69.1 Å². The molecule has 1 aliphatic rings. The van der Waals surface area contributed by atoms with Crippen LogP contribution in [0.25, 0.3) is 0 Å². The van der Waals surface area contributed by atoms with Crippen molar-refractivity contribution in [2.45, 2.75) is 25.3 Å². The number of hydrogen-bond donors (Lipinski definition) is 2. The first kappa shape index (κ1) is 8.75. The quantitative estimate of drug-likeness (QED) is 0.464. The second kappa shape index (κ2) is 5.33. The van der Waals surface area contributed by atoms with Gasteiger partial charge in [-0.15, -0.1) is 6.58 Å². The summed E-state index contributed by atoms with van der Waals surface area (Å²) in [6.45, 7) is 7.10. The average molecular weight is 154 g/mol. The first-order chi connectivity index (χ1) is 5.43. The fourth-order valence-electron chi connectivity index (χ4n) is 1.42. The van der Waals surface area contributed by atoms with E-state index in [-0.39, 0.29) is 0 Å². The highest BCUT2D eigenvalue weighted by molar-refractivity contribution is 4.76. The summed E-state index contributed by atoms with van der Waals surface area (Å²) < 4.78 is 0. The van der Waals surface area contributed by atoms with Crippen LogP contribution in [0.1, 0.15) is 19.3 Å². The first-order valence-corrected chi connectivity index (χ1v) is 4.48. The van der Waals surface area contributed by atoms with Crippen LogP contribution >= 0.6 is 0 Å². The molecule has 0 spiro atoms. The summed E-state index contributed by atoms with van der Waals surface area (Å²) in [6.07, 6.45) is 5.68. The zero-order chi connectivity index (χ0) is 7.94. The maximum Gasteiger partial charge on any atom is 0.0193 e. The summed E-state index contributed by atoms with van der Waals surface area (Å²) in [5.41, 5.74) is 0. The smallest absolute Gasteiger partial charge is 0.0193 e. The minimum atomic E-state index is 0.698. The van der Waals surface area contributed by atoms with E-state index in [9.17, 15) is 0 Å². The van der Waals surface area contributed by atoms with Gasteiger partial charge in [-0.1, -0.05) is 6.08 Å². The zero-order valence-corrected chi connectivity index (χ0v) is 7.10. The van der Waals surface area contributed by atoms with E-state index in [0.29, 0.717) is 6.04 Å². The van der Waals surface area contributed by atoms with Gasteiger partial charge in [0.1, 0.15) is 0 Å². The van der Waals surface area contributed by atoms with Gasteiger partial charge in [-0.25, -0.2) is 0 Å². The first-order valence-electron chi connectivity index (χ1n) is 4.48. The van der Waals surface area contributed by atoms with Gasteiger partial charge in [0.05, 0.1) is 0 Å². The van der Waals surface area contributed by atoms with Crippen molar-refractivity contribution >= 4 is 0 Å². The molecule has 1 atom stereocenters. The summed E-state index contributed by atoms with van der Waals surface area (Å²) in [7, 11) is 0. The summed E-state index contributed by atoms with van der Waals surface area (Å²) >= 11 is 0. The molecule has 0 aromatic rings. The van der Waals surface area contributed by atoms with Gasteiger partial charge in [0.15, 0.2) is 0 Å². The Morgan fingerprint density at radius 3 is 3.18 bits per heavy atom. The van der Waals surface area contributed by atoms with E-state index in [1.165, 1.54) is 19.4 Å². The largest absolute Gasteiger partial charge is 0.315 e. The lowest BCUT2D eigenvalue weighted by Gasteiger charge is -2.23. The molecule has 1 rings (SSSR count). The third-order valence-corrected chi connectivity index (χ3v) is 2.08. The molecule has 0 amide bonds. The second-order valence-corrected chi connectivity index (χ2v) is 3.07. The molecule has 1 unspecified atom stereocenters. The average Bonchev–Trinajstić information content (AvgIpc) is 2.07. The molecule has 2 heteroatoms. The van der Waals surface area contributed by atoms with Crippen LogP contribution in [0, 0.1) is 0 Å². The molecule has 0 aromatic heterocycles. The van der Waals surface area contributed by atoms with E-state index in [1.54, 1.807) is 0 Å². The van der Waals surface area contributed by atoms with Crippen molar-refractivity contribution in [3.63, 3.8) is 0 Å². The Balaban J connectivity index is 2.00. The summed E-state index contributed by atoms with van der Waals surface area (Å²) in [5.74, 6) is 0. The lowest BCUT2D eigenvalue weighted by molar-refractivity contribution is 0.393. The molecule has 64 valence electrons. The summed E-state index contributed by atoms with van der Waals surface area (Å²) in [5, 5.41) is 6.86. The Morgan fingerprint density at radius 2 is 2.55 bits per heavy atom. The van der Waals surface area contributed by atoms with E-state index >= 15 is 0 Å². The molecular weight excluding hydrogens is 136 g/mol. The van der Waals surface area contributed by atoms with Crippen LogP contribution in [-0.4, -0.2) is 25.7 Å². The number of rotatable bonds is 4. The Hall–Kier alpha value is -0.340. The monoisotopic (exact) mass is 154 g/mol. The third-order valence-electron chi connectivity index (χ3n) is 2.08. The number of hydrogen-bond acceptors (Lipinski definition) is 2. The van der Waals surface area contributed by atoms with Crippen molar-refractivity contribution < 1.29 is 0 Å². The predicted octanol–water partition coefficient (Wildman–Crippen LogP) is 0.904. The fraction of sp³-hybridized carbons (Fsp3) is 0.778. The van der Waals surface area contributed by atoms with Crippen molar-refractivity contribution in [2.75, 3.05) is 19.6 Å². The molecule has 1 heterocycles. The Bertz CT molecular complexity index is 106. The van der Waals surface area contributed by atoms with Crippen molar-refractivity contribution in [1.29, 1.82) is 0 Å². The highest BCUT2D eigenvalue weighted by Gasteiger charge is 2.10. The van der Waals surface area contributed by atoms with Crippen LogP contribution in [0.4, 0.5) is 0 Å². The maximum absolute atomic E-state index is 3.69. The van der Waals surface area contributed by atoms with Crippen molar-refractivity contribution in [1.82, 2.24) is 10.6 Å². The molecule has 1 aliphatic heterocycles. The predicted molar refractivity (Wildman–Crippen MR) is 48.7 cm³/mol. The minimum absolute atomic E-state index is 0.698. The van der Waals surface area contributed by atoms with E-state index in [0.717, 1.165) is 19.5 Å². The molecular formula is C9H18N2. The molecule has 0 aliphatic carbocycles. The molecule has 1 fully saturated rings. The van der Waals surface area contributed by atoms with Crippen LogP contribution < -0.4 is 10.6 Å². The lowest BCUT2D eigenvalue weighted by atomic mass is 10.1. The number of piperidine rings is 1. The SMILES string of the molecule is C=CCCNC1CCCNC1. The van der Waals surface area contributed by atoms with Crippen LogP contribution in [0.5, 0.6) is 0 Å². The molecule has 2 nitrogen and oxygen atoms in total. The molecule has 2 N–H and O–H groups in total. The molecule has 0 aromatic carbocycles. The van der Waals surface area contributed by atoms with Gasteiger partial charge in [-0.2, -0.15) is 0 Å². The fourth-order valence-corrected chi connectivity index (χ4v) is 1.42. The van der Waals surface area contributed by atoms with E-state index in [4.69, 9.17) is 0 Å². The van der Waals surface area contributed by atoms with E-state index < -0.39 is 0 Å². The normalized spacial score (nSPS) is 24.9. The van der Waals surface area contributed by atoms with Crippen molar-refractivity contribution in [3.8, 4) is 0 Å². The molecule has 0 saturated carbocycles. The van der Waals surface area contributed by atoms with Gasteiger partial charge in [-0.05, 0) is 32.4 Å². The molecule has 0 radical (unpaired) electrons. The van der Waals surface area contributed by atoms with Gasteiger partial charge in [0, 0.05) is 12.6 Å². The van der Waals surface area contributed by atoms with Crippen molar-refractivity contribution in [3.05, 3.63) is 12.7 Å². The van der Waals surface area contributed by atoms with E-state index in [2.05, 4.69) is 17.2 Å². The minimum Gasteiger partial charge on any atom is -0.315 e. The molecule has 11 heavy (non-hydrogen) atoms. The van der Waals surface area contributed by atoms with Gasteiger partial charge >= 0.3 is 0 Å². The second-order valence-electron chi connectivity index (χ2n) is 3.07. The third kappa shape index (κ3) is 3.54. The van der Waals surface area contributed by atoms with Crippen LogP contribution in [0.2, 0.25) is 0 Å².